The lowest BCUT2D eigenvalue weighted by atomic mass is 10.0. The highest BCUT2D eigenvalue weighted by Gasteiger charge is 2.34. The molecule has 0 aliphatic carbocycles. The number of hydrogen-bond acceptors (Lipinski definition) is 4. The summed E-state index contributed by atoms with van der Waals surface area (Å²) in [4.78, 5) is 23.1. The van der Waals surface area contributed by atoms with E-state index in [2.05, 4.69) is 21.0 Å². The summed E-state index contributed by atoms with van der Waals surface area (Å²) in [6, 6.07) is 10.9. The fraction of sp³-hybridized carbons (Fsp3) is 0.235. The Morgan fingerprint density at radius 1 is 1.25 bits per heavy atom. The van der Waals surface area contributed by atoms with E-state index in [0.29, 0.717) is 12.2 Å². The van der Waals surface area contributed by atoms with Crippen molar-refractivity contribution in [3.05, 3.63) is 58.5 Å². The molecule has 1 aliphatic heterocycles. The quantitative estimate of drug-likeness (QED) is 0.845. The third kappa shape index (κ3) is 3.56. The van der Waals surface area contributed by atoms with Crippen LogP contribution in [0.15, 0.2) is 56.7 Å². The van der Waals surface area contributed by atoms with Crippen LogP contribution >= 0.6 is 15.9 Å². The van der Waals surface area contributed by atoms with Crippen LogP contribution in [0.2, 0.25) is 0 Å². The van der Waals surface area contributed by atoms with E-state index in [9.17, 15) is 9.59 Å². The number of carbonyl (C=O) groups is 2. The Kier molecular flexibility index (Phi) is 4.80. The summed E-state index contributed by atoms with van der Waals surface area (Å²) < 4.78 is 6.40. The Labute approximate surface area is 146 Å². The predicted octanol–water partition coefficient (Wildman–Crippen LogP) is 3.58. The normalized spacial score (nSPS) is 17.0. The van der Waals surface area contributed by atoms with Gasteiger partial charge in [0.1, 0.15) is 11.8 Å². The maximum atomic E-state index is 12.4. The fourth-order valence-corrected chi connectivity index (χ4v) is 2.85. The summed E-state index contributed by atoms with van der Waals surface area (Å²) in [5.74, 6) is -0.699. The van der Waals surface area contributed by atoms with Gasteiger partial charge >= 0.3 is 5.97 Å². The minimum absolute atomic E-state index is 0.0936. The molecule has 2 aromatic rings. The van der Waals surface area contributed by atoms with Crippen LogP contribution in [-0.2, 0) is 9.59 Å². The molecule has 0 radical (unpaired) electrons. The van der Waals surface area contributed by atoms with Gasteiger partial charge in [0.05, 0.1) is 18.4 Å². The molecule has 124 valence electrons. The monoisotopic (exact) mass is 390 g/mol. The van der Waals surface area contributed by atoms with Crippen LogP contribution in [0.1, 0.15) is 36.6 Å². The number of halogens is 1. The summed E-state index contributed by atoms with van der Waals surface area (Å²) in [6.45, 7) is 0. The van der Waals surface area contributed by atoms with Crippen LogP contribution in [-0.4, -0.2) is 27.7 Å². The van der Waals surface area contributed by atoms with Gasteiger partial charge in [-0.3, -0.25) is 9.59 Å². The maximum absolute atomic E-state index is 12.4. The fourth-order valence-electron chi connectivity index (χ4n) is 2.59. The van der Waals surface area contributed by atoms with Gasteiger partial charge in [-0.25, -0.2) is 5.01 Å². The van der Waals surface area contributed by atoms with Crippen LogP contribution < -0.4 is 0 Å². The number of benzene rings is 1. The number of amides is 1. The van der Waals surface area contributed by atoms with Crippen molar-refractivity contribution in [2.75, 3.05) is 0 Å². The molecule has 0 spiro atoms. The molecule has 0 unspecified atom stereocenters. The van der Waals surface area contributed by atoms with Gasteiger partial charge in [0.2, 0.25) is 5.91 Å². The Morgan fingerprint density at radius 2 is 2.00 bits per heavy atom. The third-order valence-electron chi connectivity index (χ3n) is 3.77. The van der Waals surface area contributed by atoms with Crippen molar-refractivity contribution in [3.8, 4) is 0 Å². The molecule has 0 bridgehead atoms. The molecule has 0 saturated carbocycles. The van der Waals surface area contributed by atoms with E-state index in [4.69, 9.17) is 9.52 Å². The van der Waals surface area contributed by atoms with Crippen molar-refractivity contribution in [2.24, 2.45) is 5.10 Å². The second-order valence-electron chi connectivity index (χ2n) is 5.42. The first-order valence-electron chi connectivity index (χ1n) is 7.45. The zero-order chi connectivity index (χ0) is 17.1. The van der Waals surface area contributed by atoms with E-state index in [1.54, 1.807) is 18.4 Å². The molecule has 1 aromatic carbocycles. The standard InChI is InChI=1S/C17H15BrN2O4/c18-12-5-3-11(4-6-12)13-10-14(15-2-1-9-24-15)20(19-13)16(21)7-8-17(22)23/h1-6,9,14H,7-8,10H2,(H,22,23)/t14-/m1/s1. The van der Waals surface area contributed by atoms with Gasteiger partial charge in [-0.2, -0.15) is 5.10 Å². The average molecular weight is 391 g/mol. The summed E-state index contributed by atoms with van der Waals surface area (Å²) >= 11 is 3.39. The zero-order valence-electron chi connectivity index (χ0n) is 12.7. The number of nitrogens with zero attached hydrogens (tertiary/aromatic N) is 2. The van der Waals surface area contributed by atoms with Crippen molar-refractivity contribution < 1.29 is 19.1 Å². The first-order valence-corrected chi connectivity index (χ1v) is 8.24. The first kappa shape index (κ1) is 16.4. The molecule has 1 aromatic heterocycles. The van der Waals surface area contributed by atoms with Gasteiger partial charge in [-0.15, -0.1) is 0 Å². The average Bonchev–Trinajstić information content (AvgIpc) is 3.22. The van der Waals surface area contributed by atoms with Gasteiger partial charge in [-0.05, 0) is 29.8 Å². The third-order valence-corrected chi connectivity index (χ3v) is 4.30. The Balaban J connectivity index is 1.86. The second kappa shape index (κ2) is 7.00. The van der Waals surface area contributed by atoms with E-state index in [1.165, 1.54) is 5.01 Å². The smallest absolute Gasteiger partial charge is 0.303 e. The molecule has 0 fully saturated rings. The number of carbonyl (C=O) groups excluding carboxylic acids is 1. The van der Waals surface area contributed by atoms with E-state index in [0.717, 1.165) is 15.7 Å². The van der Waals surface area contributed by atoms with Crippen LogP contribution in [0.3, 0.4) is 0 Å². The van der Waals surface area contributed by atoms with Gasteiger partial charge < -0.3 is 9.52 Å². The Bertz CT molecular complexity index is 768. The molecule has 1 atom stereocenters. The van der Waals surface area contributed by atoms with Crippen molar-refractivity contribution in [1.82, 2.24) is 5.01 Å². The molecule has 3 rings (SSSR count). The molecule has 6 nitrogen and oxygen atoms in total. The lowest BCUT2D eigenvalue weighted by Crippen LogP contribution is -2.27. The van der Waals surface area contributed by atoms with Gasteiger partial charge in [0.15, 0.2) is 0 Å². The summed E-state index contributed by atoms with van der Waals surface area (Å²) in [7, 11) is 0. The zero-order valence-corrected chi connectivity index (χ0v) is 14.3. The molecule has 24 heavy (non-hydrogen) atoms. The minimum atomic E-state index is -1.01. The molecule has 1 N–H and O–H groups in total. The molecular formula is C17H15BrN2O4. The largest absolute Gasteiger partial charge is 0.481 e. The molecular weight excluding hydrogens is 376 g/mol. The predicted molar refractivity (Wildman–Crippen MR) is 90.5 cm³/mol. The van der Waals surface area contributed by atoms with Gasteiger partial charge in [0, 0.05) is 17.3 Å². The summed E-state index contributed by atoms with van der Waals surface area (Å²) in [6.07, 6.45) is 1.76. The van der Waals surface area contributed by atoms with Crippen molar-refractivity contribution in [2.45, 2.75) is 25.3 Å². The number of rotatable bonds is 5. The van der Waals surface area contributed by atoms with Crippen molar-refractivity contribution in [1.29, 1.82) is 0 Å². The van der Waals surface area contributed by atoms with E-state index in [1.807, 2.05) is 24.3 Å². The molecule has 0 saturated heterocycles. The molecule has 1 amide bonds. The second-order valence-corrected chi connectivity index (χ2v) is 6.34. The van der Waals surface area contributed by atoms with Crippen molar-refractivity contribution in [3.63, 3.8) is 0 Å². The first-order chi connectivity index (χ1) is 11.5. The van der Waals surface area contributed by atoms with Crippen LogP contribution in [0.5, 0.6) is 0 Å². The number of carboxylic acid groups (broad SMARTS) is 1. The lowest BCUT2D eigenvalue weighted by Gasteiger charge is -2.19. The molecule has 1 aliphatic rings. The molecule has 7 heteroatoms. The van der Waals surface area contributed by atoms with Crippen LogP contribution in [0, 0.1) is 0 Å². The van der Waals surface area contributed by atoms with Crippen LogP contribution in [0.25, 0.3) is 0 Å². The maximum Gasteiger partial charge on any atom is 0.303 e. The SMILES string of the molecule is O=C(O)CCC(=O)N1N=C(c2ccc(Br)cc2)C[C@@H]1c1ccco1. The van der Waals surface area contributed by atoms with Crippen molar-refractivity contribution >= 4 is 33.5 Å². The number of furan rings is 1. The number of carboxylic acids is 1. The van der Waals surface area contributed by atoms with E-state index < -0.39 is 5.97 Å². The highest BCUT2D eigenvalue weighted by molar-refractivity contribution is 9.10. The topological polar surface area (TPSA) is 83.1 Å². The molecule has 2 heterocycles. The van der Waals surface area contributed by atoms with E-state index in [-0.39, 0.29) is 24.8 Å². The Hall–Kier alpha value is -2.41. The lowest BCUT2D eigenvalue weighted by molar-refractivity contribution is -0.141. The number of hydrazone groups is 1. The van der Waals surface area contributed by atoms with Crippen LogP contribution in [0.4, 0.5) is 0 Å². The van der Waals surface area contributed by atoms with Gasteiger partial charge in [-0.1, -0.05) is 28.1 Å². The number of aliphatic carboxylic acids is 1. The number of hydrogen-bond donors (Lipinski definition) is 1. The van der Waals surface area contributed by atoms with Gasteiger partial charge in [0.25, 0.3) is 0 Å². The Morgan fingerprint density at radius 3 is 2.62 bits per heavy atom. The highest BCUT2D eigenvalue weighted by atomic mass is 79.9. The minimum Gasteiger partial charge on any atom is -0.481 e. The summed E-state index contributed by atoms with van der Waals surface area (Å²) in [5.41, 5.74) is 1.69. The highest BCUT2D eigenvalue weighted by Crippen LogP contribution is 2.33. The van der Waals surface area contributed by atoms with E-state index >= 15 is 0 Å². The summed E-state index contributed by atoms with van der Waals surface area (Å²) in [5, 5.41) is 14.6.